The van der Waals surface area contributed by atoms with E-state index in [1.807, 2.05) is 6.07 Å². The number of nitrogens with zero attached hydrogens (tertiary/aromatic N) is 1. The molecule has 1 aliphatic heterocycles. The fourth-order valence-corrected chi connectivity index (χ4v) is 2.99. The Morgan fingerprint density at radius 1 is 1.39 bits per heavy atom. The number of halogens is 1. The van der Waals surface area contributed by atoms with Gasteiger partial charge < -0.3 is 10.2 Å². The van der Waals surface area contributed by atoms with Crippen molar-refractivity contribution < 1.29 is 0 Å². The van der Waals surface area contributed by atoms with Gasteiger partial charge in [0.25, 0.3) is 0 Å². The normalized spacial score (nSPS) is 20.6. The quantitative estimate of drug-likeness (QED) is 0.889. The van der Waals surface area contributed by atoms with Gasteiger partial charge in [0, 0.05) is 29.8 Å². The molecule has 2 rings (SSSR count). The molecule has 1 aromatic carbocycles. The van der Waals surface area contributed by atoms with E-state index in [4.69, 9.17) is 0 Å². The number of hydrogen-bond donors (Lipinski definition) is 1. The van der Waals surface area contributed by atoms with E-state index in [-0.39, 0.29) is 0 Å². The minimum atomic E-state index is 0.825. The lowest BCUT2D eigenvalue weighted by molar-refractivity contribution is 0.313. The number of anilines is 1. The maximum Gasteiger partial charge on any atom is 0.0485 e. The van der Waals surface area contributed by atoms with Crippen molar-refractivity contribution in [2.75, 3.05) is 31.5 Å². The lowest BCUT2D eigenvalue weighted by Gasteiger charge is -2.18. The van der Waals surface area contributed by atoms with Crippen LogP contribution in [0.2, 0.25) is 0 Å². The van der Waals surface area contributed by atoms with Gasteiger partial charge in [0.05, 0.1) is 0 Å². The summed E-state index contributed by atoms with van der Waals surface area (Å²) >= 11 is 3.56. The molecule has 1 unspecified atom stereocenters. The standard InChI is InChI=1S/C15H23BrN2/c1-12(2)13-7-9-18(11-13)10-8-17-15-6-4-3-5-14(15)16/h3-6,12-13,17H,7-11H2,1-2H3. The smallest absolute Gasteiger partial charge is 0.0485 e. The second-order valence-electron chi connectivity index (χ2n) is 5.50. The third-order valence-corrected chi connectivity index (χ3v) is 4.56. The molecule has 0 aromatic heterocycles. The van der Waals surface area contributed by atoms with E-state index in [1.165, 1.54) is 25.2 Å². The first-order valence-electron chi connectivity index (χ1n) is 6.87. The summed E-state index contributed by atoms with van der Waals surface area (Å²) in [7, 11) is 0. The SMILES string of the molecule is CC(C)C1CCN(CCNc2ccccc2Br)C1. The van der Waals surface area contributed by atoms with Crippen LogP contribution < -0.4 is 5.32 Å². The van der Waals surface area contributed by atoms with E-state index in [0.29, 0.717) is 0 Å². The highest BCUT2D eigenvalue weighted by molar-refractivity contribution is 9.10. The average molecular weight is 311 g/mol. The van der Waals surface area contributed by atoms with Gasteiger partial charge in [-0.1, -0.05) is 26.0 Å². The molecule has 0 bridgehead atoms. The second kappa shape index (κ2) is 6.58. The van der Waals surface area contributed by atoms with Crippen LogP contribution in [0.25, 0.3) is 0 Å². The van der Waals surface area contributed by atoms with Gasteiger partial charge in [-0.05, 0) is 52.9 Å². The van der Waals surface area contributed by atoms with Gasteiger partial charge in [0.1, 0.15) is 0 Å². The first-order valence-corrected chi connectivity index (χ1v) is 7.67. The minimum absolute atomic E-state index is 0.825. The van der Waals surface area contributed by atoms with Crippen LogP contribution in [-0.2, 0) is 0 Å². The Balaban J connectivity index is 1.72. The van der Waals surface area contributed by atoms with Gasteiger partial charge in [-0.25, -0.2) is 0 Å². The molecule has 1 aromatic rings. The third-order valence-electron chi connectivity index (χ3n) is 3.87. The predicted octanol–water partition coefficient (Wildman–Crippen LogP) is 3.84. The van der Waals surface area contributed by atoms with Crippen molar-refractivity contribution in [3.05, 3.63) is 28.7 Å². The number of hydrogen-bond acceptors (Lipinski definition) is 2. The number of likely N-dealkylation sites (tertiary alicyclic amines) is 1. The van der Waals surface area contributed by atoms with Crippen molar-refractivity contribution in [1.29, 1.82) is 0 Å². The molecule has 2 nitrogen and oxygen atoms in total. The first-order chi connectivity index (χ1) is 8.66. The molecule has 0 aliphatic carbocycles. The fourth-order valence-electron chi connectivity index (χ4n) is 2.56. The number of rotatable bonds is 5. The lowest BCUT2D eigenvalue weighted by atomic mass is 9.95. The van der Waals surface area contributed by atoms with Gasteiger partial charge in [-0.3, -0.25) is 0 Å². The molecule has 3 heteroatoms. The molecule has 1 fully saturated rings. The monoisotopic (exact) mass is 310 g/mol. The van der Waals surface area contributed by atoms with Gasteiger partial charge in [-0.15, -0.1) is 0 Å². The molecule has 1 aliphatic rings. The Morgan fingerprint density at radius 2 is 2.17 bits per heavy atom. The maximum atomic E-state index is 3.56. The van der Waals surface area contributed by atoms with E-state index in [0.717, 1.165) is 29.4 Å². The molecular formula is C15H23BrN2. The van der Waals surface area contributed by atoms with E-state index < -0.39 is 0 Å². The summed E-state index contributed by atoms with van der Waals surface area (Å²) in [5, 5.41) is 3.50. The molecule has 1 atom stereocenters. The lowest BCUT2D eigenvalue weighted by Crippen LogP contribution is -2.27. The Kier molecular flexibility index (Phi) is 5.07. The van der Waals surface area contributed by atoms with Crippen LogP contribution in [0.5, 0.6) is 0 Å². The zero-order chi connectivity index (χ0) is 13.0. The van der Waals surface area contributed by atoms with Crippen molar-refractivity contribution in [3.63, 3.8) is 0 Å². The minimum Gasteiger partial charge on any atom is -0.383 e. The molecule has 1 N–H and O–H groups in total. The van der Waals surface area contributed by atoms with Crippen molar-refractivity contribution in [1.82, 2.24) is 4.90 Å². The van der Waals surface area contributed by atoms with Crippen molar-refractivity contribution in [3.8, 4) is 0 Å². The van der Waals surface area contributed by atoms with Gasteiger partial charge in [0.15, 0.2) is 0 Å². The molecule has 100 valence electrons. The van der Waals surface area contributed by atoms with Crippen molar-refractivity contribution >= 4 is 21.6 Å². The second-order valence-corrected chi connectivity index (χ2v) is 6.35. The highest BCUT2D eigenvalue weighted by Crippen LogP contribution is 2.24. The topological polar surface area (TPSA) is 15.3 Å². The third kappa shape index (κ3) is 3.72. The molecule has 0 spiro atoms. The van der Waals surface area contributed by atoms with Crippen molar-refractivity contribution in [2.45, 2.75) is 20.3 Å². The van der Waals surface area contributed by atoms with Crippen LogP contribution in [0.4, 0.5) is 5.69 Å². The summed E-state index contributed by atoms with van der Waals surface area (Å²) in [6.45, 7) is 9.38. The van der Waals surface area contributed by atoms with E-state index in [2.05, 4.69) is 58.2 Å². The fraction of sp³-hybridized carbons (Fsp3) is 0.600. The Bertz CT molecular complexity index is 379. The largest absolute Gasteiger partial charge is 0.383 e. The van der Waals surface area contributed by atoms with Crippen molar-refractivity contribution in [2.24, 2.45) is 11.8 Å². The Labute approximate surface area is 119 Å². The van der Waals surface area contributed by atoms with Gasteiger partial charge >= 0.3 is 0 Å². The van der Waals surface area contributed by atoms with Crippen LogP contribution in [0.3, 0.4) is 0 Å². The first kappa shape index (κ1) is 13.9. The highest BCUT2D eigenvalue weighted by atomic mass is 79.9. The molecular weight excluding hydrogens is 288 g/mol. The molecule has 0 saturated carbocycles. The van der Waals surface area contributed by atoms with E-state index >= 15 is 0 Å². The van der Waals surface area contributed by atoms with E-state index in [9.17, 15) is 0 Å². The molecule has 1 saturated heterocycles. The molecule has 0 amide bonds. The summed E-state index contributed by atoms with van der Waals surface area (Å²) in [6, 6.07) is 8.30. The Hall–Kier alpha value is -0.540. The summed E-state index contributed by atoms with van der Waals surface area (Å²) in [5.41, 5.74) is 1.19. The average Bonchev–Trinajstić information content (AvgIpc) is 2.80. The molecule has 1 heterocycles. The highest BCUT2D eigenvalue weighted by Gasteiger charge is 2.24. The zero-order valence-corrected chi connectivity index (χ0v) is 12.9. The predicted molar refractivity (Wildman–Crippen MR) is 82.0 cm³/mol. The molecule has 18 heavy (non-hydrogen) atoms. The Morgan fingerprint density at radius 3 is 2.83 bits per heavy atom. The summed E-state index contributed by atoms with van der Waals surface area (Å²) in [6.07, 6.45) is 1.37. The van der Waals surface area contributed by atoms with E-state index in [1.54, 1.807) is 0 Å². The molecule has 0 radical (unpaired) electrons. The number of nitrogens with one attached hydrogen (secondary N) is 1. The number of benzene rings is 1. The van der Waals surface area contributed by atoms with Crippen LogP contribution in [-0.4, -0.2) is 31.1 Å². The zero-order valence-electron chi connectivity index (χ0n) is 11.3. The summed E-state index contributed by atoms with van der Waals surface area (Å²) < 4.78 is 1.14. The van der Waals surface area contributed by atoms with Crippen LogP contribution >= 0.6 is 15.9 Å². The summed E-state index contributed by atoms with van der Waals surface area (Å²) in [4.78, 5) is 2.58. The van der Waals surface area contributed by atoms with Crippen LogP contribution in [0, 0.1) is 11.8 Å². The maximum absolute atomic E-state index is 3.56. The van der Waals surface area contributed by atoms with Crippen LogP contribution in [0.15, 0.2) is 28.7 Å². The van der Waals surface area contributed by atoms with Crippen LogP contribution in [0.1, 0.15) is 20.3 Å². The summed E-state index contributed by atoms with van der Waals surface area (Å²) in [5.74, 6) is 1.72. The van der Waals surface area contributed by atoms with Gasteiger partial charge in [0.2, 0.25) is 0 Å². The van der Waals surface area contributed by atoms with Gasteiger partial charge in [-0.2, -0.15) is 0 Å². The number of para-hydroxylation sites is 1.